The molecule has 1 aromatic heterocycles. The first-order valence-corrected chi connectivity index (χ1v) is 14.3. The highest BCUT2D eigenvalue weighted by molar-refractivity contribution is 5.73. The summed E-state index contributed by atoms with van der Waals surface area (Å²) >= 11 is 0. The van der Waals surface area contributed by atoms with Gasteiger partial charge in [0.2, 0.25) is 0 Å². The van der Waals surface area contributed by atoms with Crippen molar-refractivity contribution in [1.82, 2.24) is 19.4 Å². The highest BCUT2D eigenvalue weighted by Gasteiger charge is 2.44. The summed E-state index contributed by atoms with van der Waals surface area (Å²) in [5, 5.41) is 14.2. The molecule has 4 heterocycles. The molecule has 2 N–H and O–H groups in total. The molecule has 1 spiro atoms. The number of hydrogen-bond donors (Lipinski definition) is 2. The molecule has 0 atom stereocenters. The Hall–Kier alpha value is -3.46. The predicted molar refractivity (Wildman–Crippen MR) is 145 cm³/mol. The van der Waals surface area contributed by atoms with E-state index in [0.29, 0.717) is 0 Å². The first kappa shape index (κ1) is 33.4. The normalized spacial score (nSPS) is 19.9. The number of likely N-dealkylation sites (tertiary alicyclic amines) is 1. The molecule has 1 saturated carbocycles. The first-order chi connectivity index (χ1) is 20.6. The standard InChI is InChI=1S/C25H32N4O.2C2HF3O2/c30-24-21-17-27(16-19-5-2-1-3-6-19)12-9-22(21)26-23-15-25(18-29(23)24)10-13-28(14-11-25)20-7-4-8-20;2*3-2(4,5)1(6)7/h1-3,5-6,20H,4,7-18H2;2*(H,6,7). The average molecular weight is 633 g/mol. The number of piperidine rings is 1. The van der Waals surface area contributed by atoms with Crippen molar-refractivity contribution >= 4 is 11.9 Å². The second kappa shape index (κ2) is 13.3. The number of hydrogen-bond acceptors (Lipinski definition) is 6. The molecule has 1 aromatic carbocycles. The lowest BCUT2D eigenvalue weighted by Gasteiger charge is -2.45. The van der Waals surface area contributed by atoms with Crippen LogP contribution in [0.5, 0.6) is 0 Å². The van der Waals surface area contributed by atoms with Crippen molar-refractivity contribution in [1.29, 1.82) is 0 Å². The van der Waals surface area contributed by atoms with Crippen LogP contribution in [0, 0.1) is 5.41 Å². The zero-order valence-corrected chi connectivity index (χ0v) is 23.8. The van der Waals surface area contributed by atoms with Crippen LogP contribution in [0.1, 0.15) is 54.7 Å². The lowest BCUT2D eigenvalue weighted by atomic mass is 9.76. The average Bonchev–Trinajstić information content (AvgIpc) is 3.28. The Morgan fingerprint density at radius 3 is 2.00 bits per heavy atom. The molecule has 4 aliphatic rings. The maximum Gasteiger partial charge on any atom is 0.490 e. The van der Waals surface area contributed by atoms with Gasteiger partial charge in [0.15, 0.2) is 0 Å². The van der Waals surface area contributed by atoms with Crippen LogP contribution in [0.15, 0.2) is 35.1 Å². The van der Waals surface area contributed by atoms with Gasteiger partial charge in [-0.25, -0.2) is 14.6 Å². The Balaban J connectivity index is 0.000000265. The maximum atomic E-state index is 13.4. The molecular weight excluding hydrogens is 598 g/mol. The highest BCUT2D eigenvalue weighted by Crippen LogP contribution is 2.42. The number of alkyl halides is 6. The van der Waals surface area contributed by atoms with Crippen LogP contribution < -0.4 is 5.56 Å². The summed E-state index contributed by atoms with van der Waals surface area (Å²) in [4.78, 5) is 41.4. The second-order valence-corrected chi connectivity index (χ2v) is 11.7. The minimum absolute atomic E-state index is 0.242. The molecule has 2 fully saturated rings. The summed E-state index contributed by atoms with van der Waals surface area (Å²) in [6, 6.07) is 11.4. The summed E-state index contributed by atoms with van der Waals surface area (Å²) < 4.78 is 65.5. The Morgan fingerprint density at radius 2 is 1.50 bits per heavy atom. The van der Waals surface area contributed by atoms with E-state index in [-0.39, 0.29) is 11.0 Å². The predicted octanol–water partition coefficient (Wildman–Crippen LogP) is 4.26. The van der Waals surface area contributed by atoms with Crippen molar-refractivity contribution < 1.29 is 46.1 Å². The molecule has 242 valence electrons. The van der Waals surface area contributed by atoms with Crippen LogP contribution in [0.25, 0.3) is 0 Å². The third-order valence-corrected chi connectivity index (χ3v) is 8.68. The molecule has 0 unspecified atom stereocenters. The number of aliphatic carboxylic acids is 2. The van der Waals surface area contributed by atoms with Crippen molar-refractivity contribution in [2.75, 3.05) is 19.6 Å². The third kappa shape index (κ3) is 8.17. The first-order valence-electron chi connectivity index (χ1n) is 14.3. The van der Waals surface area contributed by atoms with E-state index in [0.717, 1.165) is 62.1 Å². The van der Waals surface area contributed by atoms with Gasteiger partial charge in [0, 0.05) is 45.1 Å². The molecule has 0 amide bonds. The van der Waals surface area contributed by atoms with E-state index in [1.807, 2.05) is 4.57 Å². The Kier molecular flexibility index (Phi) is 10.1. The van der Waals surface area contributed by atoms with Crippen LogP contribution in [0.2, 0.25) is 0 Å². The van der Waals surface area contributed by atoms with Crippen LogP contribution in [-0.4, -0.2) is 79.5 Å². The van der Waals surface area contributed by atoms with E-state index in [2.05, 4.69) is 40.1 Å². The van der Waals surface area contributed by atoms with E-state index in [1.54, 1.807) is 0 Å². The largest absolute Gasteiger partial charge is 0.490 e. The molecule has 3 aliphatic heterocycles. The molecule has 1 saturated heterocycles. The number of aromatic nitrogens is 2. The van der Waals surface area contributed by atoms with Crippen LogP contribution in [0.3, 0.4) is 0 Å². The summed E-state index contributed by atoms with van der Waals surface area (Å²) in [6.07, 6.45) is -1.64. The molecule has 0 radical (unpaired) electrons. The van der Waals surface area contributed by atoms with Gasteiger partial charge >= 0.3 is 24.3 Å². The van der Waals surface area contributed by atoms with E-state index >= 15 is 0 Å². The number of benzene rings is 1. The summed E-state index contributed by atoms with van der Waals surface area (Å²) in [6.45, 7) is 5.93. The van der Waals surface area contributed by atoms with Gasteiger partial charge < -0.3 is 15.1 Å². The fourth-order valence-electron chi connectivity index (χ4n) is 6.07. The number of fused-ring (bicyclic) bond motifs is 2. The van der Waals surface area contributed by atoms with Gasteiger partial charge in [-0.3, -0.25) is 14.3 Å². The smallest absolute Gasteiger partial charge is 0.475 e. The quantitative estimate of drug-likeness (QED) is 0.483. The summed E-state index contributed by atoms with van der Waals surface area (Å²) in [5.41, 5.74) is 3.84. The lowest BCUT2D eigenvalue weighted by Crippen LogP contribution is -2.48. The van der Waals surface area contributed by atoms with Gasteiger partial charge in [-0.05, 0) is 49.8 Å². The monoisotopic (exact) mass is 632 g/mol. The van der Waals surface area contributed by atoms with Crippen LogP contribution in [0.4, 0.5) is 26.3 Å². The summed E-state index contributed by atoms with van der Waals surface area (Å²) in [7, 11) is 0. The Morgan fingerprint density at radius 1 is 0.932 bits per heavy atom. The molecular formula is C29H34F6N4O5. The number of carboxylic acids is 2. The number of rotatable bonds is 3. The van der Waals surface area contributed by atoms with E-state index in [4.69, 9.17) is 24.8 Å². The van der Waals surface area contributed by atoms with Gasteiger partial charge in [-0.2, -0.15) is 26.3 Å². The van der Waals surface area contributed by atoms with E-state index in [1.165, 1.54) is 50.8 Å². The number of carbonyl (C=O) groups is 2. The topological polar surface area (TPSA) is 116 Å². The zero-order chi connectivity index (χ0) is 32.3. The van der Waals surface area contributed by atoms with E-state index < -0.39 is 24.3 Å². The second-order valence-electron chi connectivity index (χ2n) is 11.7. The number of halogens is 6. The lowest BCUT2D eigenvalue weighted by molar-refractivity contribution is -0.193. The number of carboxylic acid groups (broad SMARTS) is 2. The maximum absolute atomic E-state index is 13.4. The molecule has 44 heavy (non-hydrogen) atoms. The van der Waals surface area contributed by atoms with Gasteiger partial charge in [-0.15, -0.1) is 0 Å². The molecule has 2 aromatic rings. The third-order valence-electron chi connectivity index (χ3n) is 8.68. The highest BCUT2D eigenvalue weighted by atomic mass is 19.4. The minimum Gasteiger partial charge on any atom is -0.475 e. The molecule has 9 nitrogen and oxygen atoms in total. The fraction of sp³-hybridized carbons (Fsp3) is 0.586. The van der Waals surface area contributed by atoms with Crippen molar-refractivity contribution in [3.05, 3.63) is 63.3 Å². The van der Waals surface area contributed by atoms with Gasteiger partial charge in [0.1, 0.15) is 5.82 Å². The van der Waals surface area contributed by atoms with Crippen molar-refractivity contribution in [3.63, 3.8) is 0 Å². The molecule has 0 bridgehead atoms. The fourth-order valence-corrected chi connectivity index (χ4v) is 6.07. The number of nitrogens with zero attached hydrogens (tertiary/aromatic N) is 4. The Labute approximate surface area is 249 Å². The van der Waals surface area contributed by atoms with Gasteiger partial charge in [0.25, 0.3) is 5.56 Å². The summed E-state index contributed by atoms with van der Waals surface area (Å²) in [5.74, 6) is -4.45. The van der Waals surface area contributed by atoms with Crippen LogP contribution >= 0.6 is 0 Å². The molecule has 6 rings (SSSR count). The van der Waals surface area contributed by atoms with E-state index in [9.17, 15) is 31.1 Å². The van der Waals surface area contributed by atoms with Crippen molar-refractivity contribution in [2.24, 2.45) is 5.41 Å². The van der Waals surface area contributed by atoms with Gasteiger partial charge in [0.05, 0.1) is 11.3 Å². The van der Waals surface area contributed by atoms with Crippen molar-refractivity contribution in [2.45, 2.75) is 83.0 Å². The SMILES string of the molecule is O=C(O)C(F)(F)F.O=C(O)C(F)(F)F.O=c1c2c(nc3n1CC1(CCN(C4CCC4)CC1)C3)CCN(Cc1ccccc1)C2. The zero-order valence-electron chi connectivity index (χ0n) is 23.8. The minimum atomic E-state index is -5.08. The Bertz CT molecular complexity index is 1360. The molecule has 1 aliphatic carbocycles. The van der Waals surface area contributed by atoms with Gasteiger partial charge in [-0.1, -0.05) is 36.8 Å². The van der Waals surface area contributed by atoms with Crippen molar-refractivity contribution in [3.8, 4) is 0 Å². The van der Waals surface area contributed by atoms with Crippen LogP contribution in [-0.2, 0) is 42.1 Å². The molecule has 15 heteroatoms.